The molecule has 1 aliphatic heterocycles. The molecule has 5 nitrogen and oxygen atoms in total. The number of benzene rings is 2. The number of carbonyl (C=O) groups is 1. The molecule has 2 aliphatic rings. The number of carbonyl (C=O) groups excluding carboxylic acids is 1. The zero-order valence-corrected chi connectivity index (χ0v) is 15.9. The third-order valence-corrected chi connectivity index (χ3v) is 6.62. The Hall–Kier alpha value is -2.41. The molecule has 1 amide bonds. The normalized spacial score (nSPS) is 16.7. The number of sulfonamides is 1. The van der Waals surface area contributed by atoms with Gasteiger partial charge in [0.05, 0.1) is 10.6 Å². The van der Waals surface area contributed by atoms with Gasteiger partial charge in [-0.3, -0.25) is 9.52 Å². The minimum Gasteiger partial charge on any atom is -0.312 e. The number of rotatable bonds is 4. The van der Waals surface area contributed by atoms with Crippen LogP contribution in [0.15, 0.2) is 41.3 Å². The Bertz CT molecular complexity index is 1020. The molecule has 0 spiro atoms. The minimum absolute atomic E-state index is 0.0348. The lowest BCUT2D eigenvalue weighted by Gasteiger charge is -2.30. The summed E-state index contributed by atoms with van der Waals surface area (Å²) in [6.45, 7) is 2.22. The summed E-state index contributed by atoms with van der Waals surface area (Å²) in [6.07, 6.45) is 3.64. The molecule has 1 heterocycles. The molecule has 0 unspecified atom stereocenters. The van der Waals surface area contributed by atoms with E-state index in [1.165, 1.54) is 12.1 Å². The number of anilines is 2. The Balaban J connectivity index is 1.65. The summed E-state index contributed by atoms with van der Waals surface area (Å²) in [5.41, 5.74) is 2.57. The summed E-state index contributed by atoms with van der Waals surface area (Å²) in [5.74, 6) is -0.238. The van der Waals surface area contributed by atoms with Crippen molar-refractivity contribution in [1.29, 1.82) is 0 Å². The maximum Gasteiger partial charge on any atom is 0.262 e. The maximum atomic E-state index is 13.3. The van der Waals surface area contributed by atoms with Crippen LogP contribution in [-0.2, 0) is 21.2 Å². The van der Waals surface area contributed by atoms with Crippen LogP contribution in [0.1, 0.15) is 30.4 Å². The van der Waals surface area contributed by atoms with Crippen LogP contribution in [0, 0.1) is 18.7 Å². The SMILES string of the molecule is Cc1cc(F)ccc1S(=O)(=O)Nc1ccc2c(c1)N(C(=O)C1CC1)CCC2. The number of halogens is 1. The van der Waals surface area contributed by atoms with Crippen molar-refractivity contribution in [1.82, 2.24) is 0 Å². The molecule has 1 aliphatic carbocycles. The van der Waals surface area contributed by atoms with E-state index in [0.29, 0.717) is 17.8 Å². The fraction of sp³-hybridized carbons (Fsp3) is 0.350. The van der Waals surface area contributed by atoms with Gasteiger partial charge in [-0.25, -0.2) is 12.8 Å². The van der Waals surface area contributed by atoms with Crippen LogP contribution in [0.2, 0.25) is 0 Å². The van der Waals surface area contributed by atoms with Crippen molar-refractivity contribution in [2.75, 3.05) is 16.2 Å². The molecule has 27 heavy (non-hydrogen) atoms. The quantitative estimate of drug-likeness (QED) is 0.870. The number of hydrogen-bond donors (Lipinski definition) is 1. The van der Waals surface area contributed by atoms with E-state index < -0.39 is 15.8 Å². The number of aryl methyl sites for hydroxylation is 2. The third-order valence-electron chi connectivity index (χ3n) is 5.08. The molecule has 0 saturated heterocycles. The number of hydrogen-bond acceptors (Lipinski definition) is 3. The van der Waals surface area contributed by atoms with Crippen LogP contribution in [-0.4, -0.2) is 20.9 Å². The summed E-state index contributed by atoms with van der Waals surface area (Å²) in [5, 5.41) is 0. The Morgan fingerprint density at radius 1 is 1.19 bits per heavy atom. The summed E-state index contributed by atoms with van der Waals surface area (Å²) < 4.78 is 41.3. The molecule has 1 fully saturated rings. The number of fused-ring (bicyclic) bond motifs is 1. The second-order valence-electron chi connectivity index (χ2n) is 7.23. The number of nitrogens with zero attached hydrogens (tertiary/aromatic N) is 1. The standard InChI is InChI=1S/C20H21FN2O3S/c1-13-11-16(21)7-9-19(13)27(25,26)22-17-8-6-14-3-2-10-23(18(14)12-17)20(24)15-4-5-15/h6-9,11-12,15,22H,2-5,10H2,1H3. The van der Waals surface area contributed by atoms with Crippen molar-refractivity contribution in [3.8, 4) is 0 Å². The molecule has 2 aromatic rings. The molecule has 1 saturated carbocycles. The molecule has 0 atom stereocenters. The van der Waals surface area contributed by atoms with Crippen molar-refractivity contribution in [3.63, 3.8) is 0 Å². The zero-order chi connectivity index (χ0) is 19.2. The highest BCUT2D eigenvalue weighted by molar-refractivity contribution is 7.92. The highest BCUT2D eigenvalue weighted by Gasteiger charge is 2.35. The third kappa shape index (κ3) is 3.56. The van der Waals surface area contributed by atoms with Gasteiger partial charge in [-0.1, -0.05) is 6.07 Å². The van der Waals surface area contributed by atoms with E-state index in [-0.39, 0.29) is 16.7 Å². The fourth-order valence-electron chi connectivity index (χ4n) is 3.54. The first-order valence-corrected chi connectivity index (χ1v) is 10.6. The van der Waals surface area contributed by atoms with Crippen LogP contribution >= 0.6 is 0 Å². The highest BCUT2D eigenvalue weighted by atomic mass is 32.2. The zero-order valence-electron chi connectivity index (χ0n) is 15.0. The minimum atomic E-state index is -3.85. The van der Waals surface area contributed by atoms with Crippen molar-refractivity contribution < 1.29 is 17.6 Å². The molecule has 0 bridgehead atoms. The van der Waals surface area contributed by atoms with Gasteiger partial charge in [0.25, 0.3) is 10.0 Å². The first-order valence-electron chi connectivity index (χ1n) is 9.08. The van der Waals surface area contributed by atoms with Crippen LogP contribution < -0.4 is 9.62 Å². The molecule has 1 N–H and O–H groups in total. The van der Waals surface area contributed by atoms with Crippen molar-refractivity contribution >= 4 is 27.3 Å². The second-order valence-corrected chi connectivity index (χ2v) is 8.88. The average molecular weight is 388 g/mol. The van der Waals surface area contributed by atoms with E-state index in [1.807, 2.05) is 6.07 Å². The van der Waals surface area contributed by atoms with Crippen molar-refractivity contribution in [2.24, 2.45) is 5.92 Å². The van der Waals surface area contributed by atoms with Gasteiger partial charge in [-0.15, -0.1) is 0 Å². The van der Waals surface area contributed by atoms with Crippen LogP contribution in [0.25, 0.3) is 0 Å². The number of amides is 1. The predicted octanol–water partition coefficient (Wildman–Crippen LogP) is 3.62. The van der Waals surface area contributed by atoms with Crippen molar-refractivity contribution in [3.05, 3.63) is 53.3 Å². The lowest BCUT2D eigenvalue weighted by molar-refractivity contribution is -0.119. The first kappa shape index (κ1) is 18.0. The summed E-state index contributed by atoms with van der Waals surface area (Å²) in [6, 6.07) is 8.89. The lowest BCUT2D eigenvalue weighted by Crippen LogP contribution is -2.36. The van der Waals surface area contributed by atoms with Crippen molar-refractivity contribution in [2.45, 2.75) is 37.5 Å². The van der Waals surface area contributed by atoms with Gasteiger partial charge in [-0.2, -0.15) is 0 Å². The number of nitrogens with one attached hydrogen (secondary N) is 1. The molecule has 2 aromatic carbocycles. The Morgan fingerprint density at radius 2 is 1.96 bits per heavy atom. The van der Waals surface area contributed by atoms with Gasteiger partial charge in [0.1, 0.15) is 5.82 Å². The smallest absolute Gasteiger partial charge is 0.262 e. The molecule has 0 aromatic heterocycles. The molecule has 0 radical (unpaired) electrons. The topological polar surface area (TPSA) is 66.5 Å². The summed E-state index contributed by atoms with van der Waals surface area (Å²) in [7, 11) is -3.85. The molecule has 4 rings (SSSR count). The maximum absolute atomic E-state index is 13.3. The highest BCUT2D eigenvalue weighted by Crippen LogP contribution is 2.37. The van der Waals surface area contributed by atoms with Gasteiger partial charge < -0.3 is 4.90 Å². The molecule has 142 valence electrons. The Morgan fingerprint density at radius 3 is 2.67 bits per heavy atom. The molecule has 7 heteroatoms. The largest absolute Gasteiger partial charge is 0.312 e. The van der Waals surface area contributed by atoms with Gasteiger partial charge in [-0.05, 0) is 74.1 Å². The second kappa shape index (κ2) is 6.64. The van der Waals surface area contributed by atoms with Crippen LogP contribution in [0.3, 0.4) is 0 Å². The summed E-state index contributed by atoms with van der Waals surface area (Å²) in [4.78, 5) is 14.4. The van der Waals surface area contributed by atoms with E-state index in [1.54, 1.807) is 24.0 Å². The van der Waals surface area contributed by atoms with E-state index in [0.717, 1.165) is 43.0 Å². The molecular weight excluding hydrogens is 367 g/mol. The average Bonchev–Trinajstić information content (AvgIpc) is 3.45. The monoisotopic (exact) mass is 388 g/mol. The van der Waals surface area contributed by atoms with Gasteiger partial charge in [0, 0.05) is 18.2 Å². The first-order chi connectivity index (χ1) is 12.8. The molecular formula is C20H21FN2O3S. The van der Waals surface area contributed by atoms with Gasteiger partial charge in [0.15, 0.2) is 0 Å². The van der Waals surface area contributed by atoms with E-state index >= 15 is 0 Å². The Labute approximate surface area is 158 Å². The fourth-order valence-corrected chi connectivity index (χ4v) is 4.82. The van der Waals surface area contributed by atoms with Gasteiger partial charge >= 0.3 is 0 Å². The van der Waals surface area contributed by atoms with E-state index in [2.05, 4.69) is 4.72 Å². The van der Waals surface area contributed by atoms with E-state index in [4.69, 9.17) is 0 Å². The van der Waals surface area contributed by atoms with Gasteiger partial charge in [0.2, 0.25) is 5.91 Å². The lowest BCUT2D eigenvalue weighted by atomic mass is 10.0. The Kier molecular flexibility index (Phi) is 4.42. The predicted molar refractivity (Wildman–Crippen MR) is 102 cm³/mol. The van der Waals surface area contributed by atoms with Crippen LogP contribution in [0.4, 0.5) is 15.8 Å². The summed E-state index contributed by atoms with van der Waals surface area (Å²) >= 11 is 0. The van der Waals surface area contributed by atoms with Crippen LogP contribution in [0.5, 0.6) is 0 Å². The van der Waals surface area contributed by atoms with E-state index in [9.17, 15) is 17.6 Å².